The Hall–Kier alpha value is -2.89. The van der Waals surface area contributed by atoms with Crippen LogP contribution in [0.4, 0.5) is 4.39 Å². The molecule has 5 nitrogen and oxygen atoms in total. The SMILES string of the molecule is CC(C)NC(=O)[C@H](C)Oc1ccc2c(c1)[C@@H](c1ccc(F)cc1)N(C(=O)C(C)C)CC2. The summed E-state index contributed by atoms with van der Waals surface area (Å²) < 4.78 is 19.5. The van der Waals surface area contributed by atoms with Gasteiger partial charge in [0, 0.05) is 18.5 Å². The zero-order chi connectivity index (χ0) is 22.7. The van der Waals surface area contributed by atoms with E-state index in [9.17, 15) is 14.0 Å². The van der Waals surface area contributed by atoms with Gasteiger partial charge in [-0.3, -0.25) is 9.59 Å². The molecule has 0 aliphatic carbocycles. The van der Waals surface area contributed by atoms with Crippen LogP contribution in [0.2, 0.25) is 0 Å². The van der Waals surface area contributed by atoms with E-state index in [-0.39, 0.29) is 35.6 Å². The van der Waals surface area contributed by atoms with Gasteiger partial charge in [-0.15, -0.1) is 0 Å². The van der Waals surface area contributed by atoms with Crippen LogP contribution in [0.15, 0.2) is 42.5 Å². The fourth-order valence-electron chi connectivity index (χ4n) is 3.90. The Morgan fingerprint density at radius 2 is 1.74 bits per heavy atom. The molecule has 0 bridgehead atoms. The van der Waals surface area contributed by atoms with Crippen molar-refractivity contribution < 1.29 is 18.7 Å². The summed E-state index contributed by atoms with van der Waals surface area (Å²) in [6.07, 6.45) is 0.0801. The normalized spacial score (nSPS) is 16.8. The molecule has 2 aromatic carbocycles. The third-order valence-electron chi connectivity index (χ3n) is 5.42. The molecule has 0 unspecified atom stereocenters. The van der Waals surface area contributed by atoms with Crippen LogP contribution in [0.1, 0.15) is 57.4 Å². The molecule has 31 heavy (non-hydrogen) atoms. The maximum absolute atomic E-state index is 13.6. The van der Waals surface area contributed by atoms with E-state index in [4.69, 9.17) is 4.74 Å². The molecule has 0 saturated carbocycles. The lowest BCUT2D eigenvalue weighted by Crippen LogP contribution is -2.42. The zero-order valence-corrected chi connectivity index (χ0v) is 18.8. The maximum atomic E-state index is 13.6. The molecule has 2 atom stereocenters. The number of rotatable bonds is 6. The van der Waals surface area contributed by atoms with Gasteiger partial charge in [-0.05, 0) is 68.1 Å². The summed E-state index contributed by atoms with van der Waals surface area (Å²) in [5.41, 5.74) is 2.91. The molecule has 2 aromatic rings. The van der Waals surface area contributed by atoms with Crippen LogP contribution >= 0.6 is 0 Å². The van der Waals surface area contributed by atoms with Crippen LogP contribution in [-0.4, -0.2) is 35.4 Å². The van der Waals surface area contributed by atoms with Crippen LogP contribution in [0, 0.1) is 11.7 Å². The van der Waals surface area contributed by atoms with Crippen LogP contribution in [-0.2, 0) is 16.0 Å². The average Bonchev–Trinajstić information content (AvgIpc) is 2.72. The molecule has 0 fully saturated rings. The highest BCUT2D eigenvalue weighted by molar-refractivity contribution is 5.81. The third-order valence-corrected chi connectivity index (χ3v) is 5.42. The Kier molecular flexibility index (Phi) is 6.98. The molecule has 2 amide bonds. The van der Waals surface area contributed by atoms with Crippen molar-refractivity contribution in [2.75, 3.05) is 6.54 Å². The molecule has 0 radical (unpaired) electrons. The van der Waals surface area contributed by atoms with Crippen LogP contribution < -0.4 is 10.1 Å². The van der Waals surface area contributed by atoms with Gasteiger partial charge in [0.2, 0.25) is 5.91 Å². The Balaban J connectivity index is 1.97. The van der Waals surface area contributed by atoms with Gasteiger partial charge in [-0.25, -0.2) is 4.39 Å². The van der Waals surface area contributed by atoms with E-state index >= 15 is 0 Å². The van der Waals surface area contributed by atoms with E-state index in [1.807, 2.05) is 50.8 Å². The summed E-state index contributed by atoms with van der Waals surface area (Å²) in [6.45, 7) is 9.87. The van der Waals surface area contributed by atoms with E-state index in [1.54, 1.807) is 19.1 Å². The zero-order valence-electron chi connectivity index (χ0n) is 18.8. The van der Waals surface area contributed by atoms with Gasteiger partial charge < -0.3 is 15.0 Å². The largest absolute Gasteiger partial charge is 0.481 e. The van der Waals surface area contributed by atoms with Crippen LogP contribution in [0.5, 0.6) is 5.75 Å². The monoisotopic (exact) mass is 426 g/mol. The summed E-state index contributed by atoms with van der Waals surface area (Å²) in [5, 5.41) is 2.85. The quantitative estimate of drug-likeness (QED) is 0.751. The van der Waals surface area contributed by atoms with Crippen molar-refractivity contribution in [2.45, 2.75) is 59.2 Å². The Bertz CT molecular complexity index is 940. The topological polar surface area (TPSA) is 58.6 Å². The standard InChI is InChI=1S/C25H31FN2O3/c1-15(2)25(30)28-13-12-18-8-11-21(31-17(5)24(29)27-16(3)4)14-22(18)23(28)19-6-9-20(26)10-7-19/h6-11,14-17,23H,12-13H2,1-5H3,(H,27,29)/t17-,23+/m0/s1. The molecule has 1 aliphatic rings. The highest BCUT2D eigenvalue weighted by Gasteiger charge is 2.33. The average molecular weight is 427 g/mol. The van der Waals surface area contributed by atoms with Crippen molar-refractivity contribution in [2.24, 2.45) is 5.92 Å². The molecule has 3 rings (SSSR count). The summed E-state index contributed by atoms with van der Waals surface area (Å²) in [7, 11) is 0. The number of fused-ring (bicyclic) bond motifs is 1. The van der Waals surface area contributed by atoms with Crippen molar-refractivity contribution in [3.05, 3.63) is 65.0 Å². The first kappa shape index (κ1) is 22.8. The number of nitrogens with one attached hydrogen (secondary N) is 1. The molecule has 1 aliphatic heterocycles. The predicted molar refractivity (Wildman–Crippen MR) is 118 cm³/mol. The third kappa shape index (κ3) is 5.24. The molecule has 1 N–H and O–H groups in total. The van der Waals surface area contributed by atoms with Crippen molar-refractivity contribution in [3.63, 3.8) is 0 Å². The number of halogens is 1. The van der Waals surface area contributed by atoms with Crippen molar-refractivity contribution in [3.8, 4) is 5.75 Å². The second kappa shape index (κ2) is 9.50. The van der Waals surface area contributed by atoms with Gasteiger partial charge in [0.1, 0.15) is 11.6 Å². The van der Waals surface area contributed by atoms with Gasteiger partial charge in [0.25, 0.3) is 5.91 Å². The maximum Gasteiger partial charge on any atom is 0.260 e. The molecule has 166 valence electrons. The van der Waals surface area contributed by atoms with Gasteiger partial charge in [-0.1, -0.05) is 32.0 Å². The predicted octanol–water partition coefficient (Wildman–Crippen LogP) is 4.25. The second-order valence-corrected chi connectivity index (χ2v) is 8.67. The number of hydrogen-bond acceptors (Lipinski definition) is 3. The molecule has 0 saturated heterocycles. The highest BCUT2D eigenvalue weighted by Crippen LogP contribution is 2.38. The lowest BCUT2D eigenvalue weighted by Gasteiger charge is -2.39. The molecular formula is C25H31FN2O3. The van der Waals surface area contributed by atoms with E-state index in [2.05, 4.69) is 5.32 Å². The van der Waals surface area contributed by atoms with E-state index in [1.165, 1.54) is 12.1 Å². The number of carbonyl (C=O) groups excluding carboxylic acids is 2. The number of nitrogens with zero attached hydrogens (tertiary/aromatic N) is 1. The first-order valence-electron chi connectivity index (χ1n) is 10.8. The van der Waals surface area contributed by atoms with Crippen LogP contribution in [0.3, 0.4) is 0 Å². The molecular weight excluding hydrogens is 395 g/mol. The first-order valence-corrected chi connectivity index (χ1v) is 10.8. The minimum atomic E-state index is -0.651. The minimum Gasteiger partial charge on any atom is -0.481 e. The van der Waals surface area contributed by atoms with Crippen molar-refractivity contribution in [1.82, 2.24) is 10.2 Å². The van der Waals surface area contributed by atoms with E-state index in [0.717, 1.165) is 23.1 Å². The molecule has 6 heteroatoms. The minimum absolute atomic E-state index is 0.0283. The summed E-state index contributed by atoms with van der Waals surface area (Å²) in [5.74, 6) is -0.0289. The van der Waals surface area contributed by atoms with Crippen LogP contribution in [0.25, 0.3) is 0 Å². The Morgan fingerprint density at radius 3 is 2.35 bits per heavy atom. The molecule has 0 spiro atoms. The fraction of sp³-hybridized carbons (Fsp3) is 0.440. The smallest absolute Gasteiger partial charge is 0.260 e. The van der Waals surface area contributed by atoms with E-state index in [0.29, 0.717) is 12.3 Å². The molecule has 0 aromatic heterocycles. The lowest BCUT2D eigenvalue weighted by molar-refractivity contribution is -0.136. The number of benzene rings is 2. The summed E-state index contributed by atoms with van der Waals surface area (Å²) in [6, 6.07) is 11.7. The molecule has 1 heterocycles. The fourth-order valence-corrected chi connectivity index (χ4v) is 3.90. The van der Waals surface area contributed by atoms with Gasteiger partial charge in [-0.2, -0.15) is 0 Å². The highest BCUT2D eigenvalue weighted by atomic mass is 19.1. The Labute approximate surface area is 183 Å². The van der Waals surface area contributed by atoms with Crippen molar-refractivity contribution in [1.29, 1.82) is 0 Å². The number of amides is 2. The number of carbonyl (C=O) groups is 2. The summed E-state index contributed by atoms with van der Waals surface area (Å²) >= 11 is 0. The van der Waals surface area contributed by atoms with Crippen molar-refractivity contribution >= 4 is 11.8 Å². The summed E-state index contributed by atoms with van der Waals surface area (Å²) in [4.78, 5) is 27.1. The Morgan fingerprint density at radius 1 is 1.06 bits per heavy atom. The lowest BCUT2D eigenvalue weighted by atomic mass is 9.87. The number of ether oxygens (including phenoxy) is 1. The van der Waals surface area contributed by atoms with Gasteiger partial charge >= 0.3 is 0 Å². The number of hydrogen-bond donors (Lipinski definition) is 1. The first-order chi connectivity index (χ1) is 14.7. The second-order valence-electron chi connectivity index (χ2n) is 8.67. The van der Waals surface area contributed by atoms with Gasteiger partial charge in [0.15, 0.2) is 6.10 Å². The van der Waals surface area contributed by atoms with Gasteiger partial charge in [0.05, 0.1) is 6.04 Å². The van der Waals surface area contributed by atoms with E-state index < -0.39 is 6.10 Å².